The van der Waals surface area contributed by atoms with Gasteiger partial charge in [-0.2, -0.15) is 31.3 Å². The van der Waals surface area contributed by atoms with Crippen LogP contribution in [0.1, 0.15) is 76.6 Å². The fraction of sp³-hybridized carbons (Fsp3) is 0.283. The van der Waals surface area contributed by atoms with Gasteiger partial charge in [0, 0.05) is 129 Å². The number of nitrogens with two attached hydrogens (primary N) is 2. The van der Waals surface area contributed by atoms with E-state index in [1.165, 1.54) is 36.5 Å². The van der Waals surface area contributed by atoms with Crippen molar-refractivity contribution in [3.8, 4) is 23.7 Å². The van der Waals surface area contributed by atoms with Crippen molar-refractivity contribution in [1.29, 1.82) is 0 Å². The molecule has 6 N–H and O–H groups in total. The summed E-state index contributed by atoms with van der Waals surface area (Å²) in [5.74, 6) is 11.1. The van der Waals surface area contributed by atoms with Crippen LogP contribution in [0.2, 0.25) is 5.02 Å². The number of benzene rings is 4. The van der Waals surface area contributed by atoms with E-state index in [0.717, 1.165) is 54.6 Å². The van der Waals surface area contributed by atoms with Crippen LogP contribution in [0.5, 0.6) is 0 Å². The van der Waals surface area contributed by atoms with Gasteiger partial charge in [0.2, 0.25) is 5.95 Å². The SMILES string of the molecule is Cc1ccc(C(=O)Nc2ccc(CN3CCN(C)CC3)c(C(F)(F)F)c2)cc1C#Cc1nc(N)nc2c1ncn2C.Cc1cnc(C(=O)Nc2ccc(CN3CCN(C)CC3)c(C(F)(F)F)c2)cc1C#Cc1c(N)ncc2ccc(Cl)cc12. The Labute approximate surface area is 479 Å². The number of hydrogen-bond acceptors (Lipinski definition) is 13. The molecule has 83 heavy (non-hydrogen) atoms. The molecule has 23 heteroatoms. The predicted octanol–water partition coefficient (Wildman–Crippen LogP) is 9.26. The Balaban J connectivity index is 0.000000200. The zero-order chi connectivity index (χ0) is 59.3. The topological polar surface area (TPSA) is 193 Å². The van der Waals surface area contributed by atoms with Crippen molar-refractivity contribution in [1.82, 2.24) is 49.1 Å². The van der Waals surface area contributed by atoms with Gasteiger partial charge in [-0.25, -0.2) is 15.0 Å². The molecule has 428 valence electrons. The Bertz CT molecular complexity index is 3900. The molecule has 0 bridgehead atoms. The van der Waals surface area contributed by atoms with E-state index in [0.29, 0.717) is 70.3 Å². The molecule has 2 saturated heterocycles. The number of nitrogen functional groups attached to an aromatic ring is 2. The van der Waals surface area contributed by atoms with Gasteiger partial charge in [-0.3, -0.25) is 24.4 Å². The lowest BCUT2D eigenvalue weighted by molar-refractivity contribution is -0.139. The molecule has 0 saturated carbocycles. The number of pyridine rings is 2. The second kappa shape index (κ2) is 24.8. The van der Waals surface area contributed by atoms with Gasteiger partial charge >= 0.3 is 12.4 Å². The predicted molar refractivity (Wildman–Crippen MR) is 308 cm³/mol. The van der Waals surface area contributed by atoms with Crippen molar-refractivity contribution >= 4 is 68.5 Å². The van der Waals surface area contributed by atoms with Crippen molar-refractivity contribution < 1.29 is 35.9 Å². The highest BCUT2D eigenvalue weighted by atomic mass is 35.5. The number of nitrogens with one attached hydrogen (secondary N) is 2. The number of aromatic nitrogens is 6. The number of rotatable bonds is 8. The number of imidazole rings is 1. The molecule has 2 amide bonds. The number of amides is 2. The Morgan fingerprint density at radius 3 is 1.81 bits per heavy atom. The molecule has 0 aliphatic carbocycles. The second-order valence-corrected chi connectivity index (χ2v) is 20.9. The largest absolute Gasteiger partial charge is 0.416 e. The number of nitrogens with zero attached hydrogens (tertiary/aromatic N) is 10. The summed E-state index contributed by atoms with van der Waals surface area (Å²) in [5.41, 5.74) is 15.5. The summed E-state index contributed by atoms with van der Waals surface area (Å²) in [6.07, 6.45) is -4.42. The number of carbonyl (C=O) groups excluding carboxylic acids is 2. The maximum atomic E-state index is 14.0. The standard InChI is InChI=1S/C31H28ClF3N6O.C29H29F3N8O/c1-19-16-37-28(13-20(19)5-8-25-26-14-23(32)6-3-21(26)17-38-29(25)36)30(42)39-24-7-4-22(27(15-24)31(33,34)35)18-41-11-9-40(2)10-12-41;1-18-4-5-20(14-19(18)7-9-24-25-26(37-28(33)36-24)39(3)17-34-25)27(41)35-22-8-6-21(23(15-22)29(30,31)32)16-40-12-10-38(2)11-13-40/h3-4,6-7,13-17H,9-12,18H2,1-2H3,(H2,36,38)(H,39,42);4-6,8,14-15,17H,10-13,16H2,1-3H3,(H,35,41)(H2,33,36,37). The minimum absolute atomic E-state index is 0.00651. The molecule has 16 nitrogen and oxygen atoms in total. The summed E-state index contributed by atoms with van der Waals surface area (Å²) in [5, 5.41) is 7.24. The van der Waals surface area contributed by atoms with Crippen molar-refractivity contribution in [2.45, 2.75) is 39.3 Å². The number of likely N-dealkylation sites (N-methyl/N-ethyl adjacent to an activating group) is 2. The molecule has 6 heterocycles. The average Bonchev–Trinajstić information content (AvgIpc) is 4.08. The van der Waals surface area contributed by atoms with E-state index >= 15 is 0 Å². The highest BCUT2D eigenvalue weighted by Gasteiger charge is 2.36. The summed E-state index contributed by atoms with van der Waals surface area (Å²) in [6, 6.07) is 19.5. The first kappa shape index (κ1) is 59.0. The maximum Gasteiger partial charge on any atom is 0.416 e. The second-order valence-electron chi connectivity index (χ2n) is 20.4. The Morgan fingerprint density at radius 2 is 1.20 bits per heavy atom. The molecule has 4 aromatic carbocycles. The minimum Gasteiger partial charge on any atom is -0.383 e. The van der Waals surface area contributed by atoms with E-state index in [2.05, 4.69) is 69.0 Å². The number of fused-ring (bicyclic) bond motifs is 2. The van der Waals surface area contributed by atoms with Crippen LogP contribution in [-0.2, 0) is 32.5 Å². The minimum atomic E-state index is -4.57. The molecule has 2 aliphatic rings. The fourth-order valence-electron chi connectivity index (χ4n) is 9.38. The smallest absolute Gasteiger partial charge is 0.383 e. The third-order valence-electron chi connectivity index (χ3n) is 14.3. The molecule has 8 aromatic rings. The molecule has 0 unspecified atom stereocenters. The number of alkyl halides is 6. The van der Waals surface area contributed by atoms with Crippen molar-refractivity contribution in [3.05, 3.63) is 170 Å². The van der Waals surface area contributed by atoms with Crippen LogP contribution in [0.4, 0.5) is 49.5 Å². The molecule has 4 aromatic heterocycles. The molecular formula is C60H57ClF6N14O2. The monoisotopic (exact) mass is 1150 g/mol. The quantitative estimate of drug-likeness (QED) is 0.0832. The highest BCUT2D eigenvalue weighted by Crippen LogP contribution is 2.37. The third-order valence-corrected chi connectivity index (χ3v) is 14.5. The van der Waals surface area contributed by atoms with Gasteiger partial charge in [0.15, 0.2) is 5.65 Å². The number of hydrogen-bond donors (Lipinski definition) is 4. The zero-order valence-electron chi connectivity index (χ0n) is 45.9. The van der Waals surface area contributed by atoms with Crippen LogP contribution >= 0.6 is 11.6 Å². The van der Waals surface area contributed by atoms with E-state index < -0.39 is 35.3 Å². The van der Waals surface area contributed by atoms with Crippen LogP contribution in [0.3, 0.4) is 0 Å². The van der Waals surface area contributed by atoms with Gasteiger partial charge in [0.25, 0.3) is 11.8 Å². The number of halogens is 7. The van der Waals surface area contributed by atoms with E-state index in [1.807, 2.05) is 36.9 Å². The average molecular weight is 1160 g/mol. The van der Waals surface area contributed by atoms with Gasteiger partial charge in [-0.05, 0) is 111 Å². The first-order valence-electron chi connectivity index (χ1n) is 26.2. The van der Waals surface area contributed by atoms with Crippen LogP contribution in [0.25, 0.3) is 21.9 Å². The Morgan fingerprint density at radius 1 is 0.627 bits per heavy atom. The van der Waals surface area contributed by atoms with Gasteiger partial charge in [0.05, 0.1) is 23.0 Å². The summed E-state index contributed by atoms with van der Waals surface area (Å²) >= 11 is 6.17. The van der Waals surface area contributed by atoms with Gasteiger partial charge < -0.3 is 36.5 Å². The lowest BCUT2D eigenvalue weighted by Crippen LogP contribution is -2.44. The van der Waals surface area contributed by atoms with Crippen molar-refractivity contribution in [2.75, 3.05) is 88.6 Å². The number of anilines is 4. The lowest BCUT2D eigenvalue weighted by atomic mass is 10.0. The van der Waals surface area contributed by atoms with Gasteiger partial charge in [-0.15, -0.1) is 0 Å². The van der Waals surface area contributed by atoms with Gasteiger partial charge in [-0.1, -0.05) is 53.6 Å². The van der Waals surface area contributed by atoms with Crippen LogP contribution in [0, 0.1) is 37.5 Å². The summed E-state index contributed by atoms with van der Waals surface area (Å²) in [4.78, 5) is 55.4. The molecule has 2 aliphatic heterocycles. The Hall–Kier alpha value is -8.64. The van der Waals surface area contributed by atoms with Crippen LogP contribution in [0.15, 0.2) is 97.6 Å². The maximum absolute atomic E-state index is 14.0. The van der Waals surface area contributed by atoms with E-state index in [1.54, 1.807) is 61.4 Å². The number of aryl methyl sites for hydroxylation is 3. The van der Waals surface area contributed by atoms with Crippen LogP contribution < -0.4 is 22.1 Å². The lowest BCUT2D eigenvalue weighted by Gasteiger charge is -2.33. The number of piperazine rings is 2. The van der Waals surface area contributed by atoms with Crippen molar-refractivity contribution in [2.24, 2.45) is 7.05 Å². The first-order valence-corrected chi connectivity index (χ1v) is 26.6. The van der Waals surface area contributed by atoms with Crippen LogP contribution in [-0.4, -0.2) is 127 Å². The first-order chi connectivity index (χ1) is 39.4. The summed E-state index contributed by atoms with van der Waals surface area (Å²) < 4.78 is 85.6. The van der Waals surface area contributed by atoms with Gasteiger partial charge in [0.1, 0.15) is 22.7 Å². The molecule has 0 atom stereocenters. The molecular weight excluding hydrogens is 1100 g/mol. The van der Waals surface area contributed by atoms with E-state index in [4.69, 9.17) is 23.1 Å². The zero-order valence-corrected chi connectivity index (χ0v) is 46.7. The number of carbonyl (C=O) groups is 2. The Kier molecular flexibility index (Phi) is 17.7. The van der Waals surface area contributed by atoms with E-state index in [9.17, 15) is 35.9 Å². The third kappa shape index (κ3) is 14.5. The molecule has 0 radical (unpaired) electrons. The summed E-state index contributed by atoms with van der Waals surface area (Å²) in [6.45, 7) is 9.98. The van der Waals surface area contributed by atoms with Crippen molar-refractivity contribution in [3.63, 3.8) is 0 Å². The van der Waals surface area contributed by atoms with E-state index in [-0.39, 0.29) is 58.6 Å². The molecule has 2 fully saturated rings. The molecule has 0 spiro atoms. The highest BCUT2D eigenvalue weighted by molar-refractivity contribution is 6.31. The fourth-order valence-corrected chi connectivity index (χ4v) is 9.55. The summed E-state index contributed by atoms with van der Waals surface area (Å²) in [7, 11) is 5.76. The molecule has 10 rings (SSSR count). The normalized spacial score (nSPS) is 14.5.